The molecule has 0 saturated carbocycles. The van der Waals surface area contributed by atoms with Crippen molar-refractivity contribution in [3.63, 3.8) is 0 Å². The average molecular weight is 305 g/mol. The number of aryl methyl sites for hydroxylation is 1. The summed E-state index contributed by atoms with van der Waals surface area (Å²) >= 11 is 1.77. The summed E-state index contributed by atoms with van der Waals surface area (Å²) in [5.41, 5.74) is 2.42. The molecule has 0 bridgehead atoms. The van der Waals surface area contributed by atoms with Crippen LogP contribution in [0.4, 0.5) is 0 Å². The van der Waals surface area contributed by atoms with Crippen molar-refractivity contribution in [2.45, 2.75) is 26.3 Å². The lowest BCUT2D eigenvalue weighted by molar-refractivity contribution is 0.393. The predicted molar refractivity (Wildman–Crippen MR) is 88.7 cm³/mol. The molecule has 1 N–H and O–H groups in total. The molecule has 0 aliphatic rings. The fourth-order valence-corrected chi connectivity index (χ4v) is 3.18. The number of benzene rings is 1. The number of thiophene rings is 1. The molecule has 1 unspecified atom stereocenters. The maximum Gasteiger partial charge on any atom is 0.124 e. The molecule has 0 spiro atoms. The Hall–Kier alpha value is -1.52. The third-order valence-electron chi connectivity index (χ3n) is 3.56. The van der Waals surface area contributed by atoms with Gasteiger partial charge in [-0.1, -0.05) is 6.92 Å². The van der Waals surface area contributed by atoms with Crippen LogP contribution in [-0.4, -0.2) is 20.8 Å². The van der Waals surface area contributed by atoms with E-state index in [1.807, 2.05) is 12.1 Å². The van der Waals surface area contributed by atoms with Crippen LogP contribution in [0.1, 0.15) is 35.4 Å². The van der Waals surface area contributed by atoms with E-state index in [1.165, 1.54) is 10.4 Å². The molecule has 0 aliphatic carbocycles. The molecule has 0 radical (unpaired) electrons. The van der Waals surface area contributed by atoms with E-state index in [1.54, 1.807) is 25.6 Å². The van der Waals surface area contributed by atoms with E-state index in [4.69, 9.17) is 9.47 Å². The molecule has 0 fully saturated rings. The first-order chi connectivity index (χ1) is 10.2. The van der Waals surface area contributed by atoms with Gasteiger partial charge in [-0.05, 0) is 55.1 Å². The summed E-state index contributed by atoms with van der Waals surface area (Å²) in [6.45, 7) is 5.29. The van der Waals surface area contributed by atoms with Crippen molar-refractivity contribution in [1.29, 1.82) is 0 Å². The minimum atomic E-state index is 0.126. The Kier molecular flexibility index (Phi) is 5.65. The molecule has 0 amide bonds. The van der Waals surface area contributed by atoms with Gasteiger partial charge >= 0.3 is 0 Å². The van der Waals surface area contributed by atoms with Gasteiger partial charge in [0.15, 0.2) is 0 Å². The fraction of sp³-hybridized carbons (Fsp3) is 0.412. The standard InChI is InChI=1S/C17H23NO2S/c1-5-9-18-17(14-8-10-21-12(14)2)15-11-13(19-3)6-7-16(15)20-4/h6-8,10-11,17-18H,5,9H2,1-4H3. The van der Waals surface area contributed by atoms with Crippen LogP contribution in [0, 0.1) is 6.92 Å². The van der Waals surface area contributed by atoms with Gasteiger partial charge in [-0.2, -0.15) is 0 Å². The Bertz CT molecular complexity index is 580. The van der Waals surface area contributed by atoms with E-state index in [9.17, 15) is 0 Å². The van der Waals surface area contributed by atoms with Crippen LogP contribution in [0.2, 0.25) is 0 Å². The van der Waals surface area contributed by atoms with Crippen LogP contribution in [0.5, 0.6) is 11.5 Å². The van der Waals surface area contributed by atoms with Crippen LogP contribution in [0.3, 0.4) is 0 Å². The second-order valence-corrected chi connectivity index (χ2v) is 6.05. The minimum Gasteiger partial charge on any atom is -0.497 e. The van der Waals surface area contributed by atoms with Gasteiger partial charge in [-0.15, -0.1) is 11.3 Å². The van der Waals surface area contributed by atoms with Crippen molar-refractivity contribution in [2.75, 3.05) is 20.8 Å². The van der Waals surface area contributed by atoms with Crippen LogP contribution < -0.4 is 14.8 Å². The highest BCUT2D eigenvalue weighted by molar-refractivity contribution is 7.10. The molecule has 2 aromatic rings. The monoisotopic (exact) mass is 305 g/mol. The van der Waals surface area contributed by atoms with E-state index in [2.05, 4.69) is 36.7 Å². The highest BCUT2D eigenvalue weighted by atomic mass is 32.1. The summed E-state index contributed by atoms with van der Waals surface area (Å²) in [6, 6.07) is 8.27. The lowest BCUT2D eigenvalue weighted by Crippen LogP contribution is -2.24. The van der Waals surface area contributed by atoms with E-state index in [0.717, 1.165) is 30.0 Å². The Morgan fingerprint density at radius 2 is 1.95 bits per heavy atom. The Labute approximate surface area is 130 Å². The summed E-state index contributed by atoms with van der Waals surface area (Å²) < 4.78 is 10.9. The fourth-order valence-electron chi connectivity index (χ4n) is 2.44. The SMILES string of the molecule is CCCNC(c1cc(OC)ccc1OC)c1ccsc1C. The van der Waals surface area contributed by atoms with Gasteiger partial charge < -0.3 is 14.8 Å². The third-order valence-corrected chi connectivity index (χ3v) is 4.42. The van der Waals surface area contributed by atoms with Gasteiger partial charge in [0, 0.05) is 10.4 Å². The van der Waals surface area contributed by atoms with Crippen LogP contribution >= 0.6 is 11.3 Å². The summed E-state index contributed by atoms with van der Waals surface area (Å²) in [7, 11) is 3.40. The van der Waals surface area contributed by atoms with Crippen molar-refractivity contribution in [2.24, 2.45) is 0 Å². The van der Waals surface area contributed by atoms with Crippen LogP contribution in [0.15, 0.2) is 29.6 Å². The molecule has 0 aliphatic heterocycles. The van der Waals surface area contributed by atoms with Gasteiger partial charge in [0.25, 0.3) is 0 Å². The van der Waals surface area contributed by atoms with Gasteiger partial charge in [-0.25, -0.2) is 0 Å². The van der Waals surface area contributed by atoms with Crippen molar-refractivity contribution in [1.82, 2.24) is 5.32 Å². The number of hydrogen-bond donors (Lipinski definition) is 1. The molecule has 114 valence electrons. The van der Waals surface area contributed by atoms with Gasteiger partial charge in [0.05, 0.1) is 20.3 Å². The van der Waals surface area contributed by atoms with E-state index in [-0.39, 0.29) is 6.04 Å². The summed E-state index contributed by atoms with van der Waals surface area (Å²) in [4.78, 5) is 1.33. The normalized spacial score (nSPS) is 12.2. The number of hydrogen-bond acceptors (Lipinski definition) is 4. The van der Waals surface area contributed by atoms with Crippen molar-refractivity contribution >= 4 is 11.3 Å². The predicted octanol–water partition coefficient (Wildman–Crippen LogP) is 4.16. The topological polar surface area (TPSA) is 30.5 Å². The smallest absolute Gasteiger partial charge is 0.124 e. The molecule has 1 atom stereocenters. The molecular weight excluding hydrogens is 282 g/mol. The second kappa shape index (κ2) is 7.48. The molecule has 0 saturated heterocycles. The summed E-state index contributed by atoms with van der Waals surface area (Å²) in [5, 5.41) is 5.76. The first-order valence-electron chi connectivity index (χ1n) is 7.20. The highest BCUT2D eigenvalue weighted by Crippen LogP contribution is 2.35. The van der Waals surface area contributed by atoms with E-state index >= 15 is 0 Å². The summed E-state index contributed by atoms with van der Waals surface area (Å²) in [6.07, 6.45) is 1.09. The zero-order chi connectivity index (χ0) is 15.2. The van der Waals surface area contributed by atoms with Gasteiger partial charge in [-0.3, -0.25) is 0 Å². The maximum atomic E-state index is 5.55. The highest BCUT2D eigenvalue weighted by Gasteiger charge is 2.20. The average Bonchev–Trinajstić information content (AvgIpc) is 2.93. The number of methoxy groups -OCH3 is 2. The Morgan fingerprint density at radius 3 is 2.52 bits per heavy atom. The number of ether oxygens (including phenoxy) is 2. The first kappa shape index (κ1) is 15.9. The zero-order valence-electron chi connectivity index (χ0n) is 13.1. The van der Waals surface area contributed by atoms with Gasteiger partial charge in [0.1, 0.15) is 11.5 Å². The zero-order valence-corrected chi connectivity index (χ0v) is 13.9. The number of rotatable bonds is 7. The van der Waals surface area contributed by atoms with Crippen molar-refractivity contribution < 1.29 is 9.47 Å². The molecule has 2 rings (SSSR count). The molecule has 1 aromatic carbocycles. The van der Waals surface area contributed by atoms with E-state index < -0.39 is 0 Å². The molecule has 1 aromatic heterocycles. The third kappa shape index (κ3) is 3.57. The molecule has 3 nitrogen and oxygen atoms in total. The lowest BCUT2D eigenvalue weighted by atomic mass is 9.98. The summed E-state index contributed by atoms with van der Waals surface area (Å²) in [5.74, 6) is 1.73. The quantitative estimate of drug-likeness (QED) is 0.833. The largest absolute Gasteiger partial charge is 0.497 e. The second-order valence-electron chi connectivity index (χ2n) is 4.93. The molecule has 1 heterocycles. The van der Waals surface area contributed by atoms with Crippen LogP contribution in [0.25, 0.3) is 0 Å². The molecule has 4 heteroatoms. The number of nitrogens with one attached hydrogen (secondary N) is 1. The van der Waals surface area contributed by atoms with E-state index in [0.29, 0.717) is 0 Å². The molecular formula is C17H23NO2S. The van der Waals surface area contributed by atoms with Crippen molar-refractivity contribution in [3.8, 4) is 11.5 Å². The first-order valence-corrected chi connectivity index (χ1v) is 8.08. The van der Waals surface area contributed by atoms with Crippen LogP contribution in [-0.2, 0) is 0 Å². The lowest BCUT2D eigenvalue weighted by Gasteiger charge is -2.22. The molecule has 21 heavy (non-hydrogen) atoms. The van der Waals surface area contributed by atoms with Crippen molar-refractivity contribution in [3.05, 3.63) is 45.6 Å². The minimum absolute atomic E-state index is 0.126. The maximum absolute atomic E-state index is 5.55. The van der Waals surface area contributed by atoms with Gasteiger partial charge in [0.2, 0.25) is 0 Å². The Morgan fingerprint density at radius 1 is 1.14 bits per heavy atom. The Balaban J connectivity index is 2.47.